The molecule has 0 radical (unpaired) electrons. The van der Waals surface area contributed by atoms with Crippen molar-refractivity contribution >= 4 is 17.9 Å². The number of carbonyl (C=O) groups excluding carboxylic acids is 3. The van der Waals surface area contributed by atoms with Crippen LogP contribution < -0.4 is 10.6 Å². The van der Waals surface area contributed by atoms with E-state index in [4.69, 9.17) is 4.74 Å². The summed E-state index contributed by atoms with van der Waals surface area (Å²) in [4.78, 5) is 41.2. The number of alkyl carbamates (subject to hydrolysis) is 1. The van der Waals surface area contributed by atoms with Crippen LogP contribution in [-0.2, 0) is 14.3 Å². The van der Waals surface area contributed by atoms with Crippen LogP contribution in [0.15, 0.2) is 30.3 Å². The molecule has 0 saturated carbocycles. The summed E-state index contributed by atoms with van der Waals surface area (Å²) in [7, 11) is 0. The lowest BCUT2D eigenvalue weighted by atomic mass is 10.0. The molecule has 1 aromatic carbocycles. The zero-order chi connectivity index (χ0) is 27.1. The van der Waals surface area contributed by atoms with Crippen LogP contribution in [0.2, 0.25) is 0 Å². The number of rotatable bonds is 15. The number of hydrogen-bond acceptors (Lipinski definition) is 5. The Labute approximate surface area is 217 Å². The first-order chi connectivity index (χ1) is 17.0. The molecule has 1 rings (SSSR count). The predicted molar refractivity (Wildman–Crippen MR) is 142 cm³/mol. The van der Waals surface area contributed by atoms with Crippen molar-refractivity contribution in [1.82, 2.24) is 15.5 Å². The maximum absolute atomic E-state index is 13.7. The zero-order valence-corrected chi connectivity index (χ0v) is 23.0. The van der Waals surface area contributed by atoms with Gasteiger partial charge in [-0.15, -0.1) is 0 Å². The highest BCUT2D eigenvalue weighted by atomic mass is 16.6. The Morgan fingerprint density at radius 1 is 0.972 bits per heavy atom. The Kier molecular flexibility index (Phi) is 14.1. The van der Waals surface area contributed by atoms with Crippen LogP contribution in [0.5, 0.6) is 0 Å². The van der Waals surface area contributed by atoms with Gasteiger partial charge in [0, 0.05) is 12.6 Å². The number of carbonyl (C=O) groups is 3. The molecule has 3 unspecified atom stereocenters. The molecule has 36 heavy (non-hydrogen) atoms. The predicted octanol–water partition coefficient (Wildman–Crippen LogP) is 4.72. The van der Waals surface area contributed by atoms with E-state index in [1.165, 1.54) is 4.90 Å². The summed E-state index contributed by atoms with van der Waals surface area (Å²) in [5.74, 6) is -0.802. The van der Waals surface area contributed by atoms with Gasteiger partial charge in [0.15, 0.2) is 0 Å². The highest BCUT2D eigenvalue weighted by molar-refractivity contribution is 5.92. The van der Waals surface area contributed by atoms with Crippen LogP contribution in [0, 0.1) is 0 Å². The van der Waals surface area contributed by atoms with Crippen molar-refractivity contribution < 1.29 is 24.2 Å². The Morgan fingerprint density at radius 2 is 1.61 bits per heavy atom. The number of amides is 3. The molecule has 8 nitrogen and oxygen atoms in total. The van der Waals surface area contributed by atoms with E-state index in [1.807, 2.05) is 37.3 Å². The summed E-state index contributed by atoms with van der Waals surface area (Å²) in [6.07, 6.45) is 5.79. The molecule has 0 aliphatic carbocycles. The second-order valence-corrected chi connectivity index (χ2v) is 10.3. The van der Waals surface area contributed by atoms with Crippen molar-refractivity contribution in [1.29, 1.82) is 0 Å². The molecule has 3 atom stereocenters. The second-order valence-electron chi connectivity index (χ2n) is 10.3. The van der Waals surface area contributed by atoms with Gasteiger partial charge in [-0.25, -0.2) is 4.79 Å². The summed E-state index contributed by atoms with van der Waals surface area (Å²) < 4.78 is 5.29. The Bertz CT molecular complexity index is 794. The number of ether oxygens (including phenoxy) is 1. The summed E-state index contributed by atoms with van der Waals surface area (Å²) in [5.41, 5.74) is -0.0805. The van der Waals surface area contributed by atoms with Gasteiger partial charge in [0.1, 0.15) is 17.7 Å². The van der Waals surface area contributed by atoms with Crippen LogP contribution in [-0.4, -0.2) is 58.8 Å². The number of unbranched alkanes of at least 4 members (excludes halogenated alkanes) is 4. The fourth-order valence-corrected chi connectivity index (χ4v) is 4.02. The fraction of sp³-hybridized carbons (Fsp3) is 0.679. The lowest BCUT2D eigenvalue weighted by Crippen LogP contribution is -2.55. The molecule has 204 valence electrons. The van der Waals surface area contributed by atoms with Gasteiger partial charge < -0.3 is 25.4 Å². The van der Waals surface area contributed by atoms with Crippen LogP contribution in [0.3, 0.4) is 0 Å². The van der Waals surface area contributed by atoms with Gasteiger partial charge in [0.25, 0.3) is 0 Å². The first kappa shape index (κ1) is 31.4. The van der Waals surface area contributed by atoms with Crippen molar-refractivity contribution in [3.8, 4) is 0 Å². The molecule has 8 heteroatoms. The van der Waals surface area contributed by atoms with Gasteiger partial charge >= 0.3 is 6.09 Å². The number of aliphatic hydroxyl groups is 1. The molecule has 3 N–H and O–H groups in total. The molecule has 0 aromatic heterocycles. The minimum atomic E-state index is -1.23. The maximum atomic E-state index is 13.7. The Hall–Kier alpha value is -2.61. The normalized spacial score (nSPS) is 13.9. The average Bonchev–Trinajstić information content (AvgIpc) is 2.80. The molecule has 0 aliphatic heterocycles. The SMILES string of the molecule is CCCCCCCN(C(=O)C(CO)NC(=O)OC(C)(C)C)C(C(=O)NC(C)CCC)c1ccccc1. The topological polar surface area (TPSA) is 108 Å². The van der Waals surface area contributed by atoms with Crippen LogP contribution in [0.4, 0.5) is 4.79 Å². The Balaban J connectivity index is 3.29. The van der Waals surface area contributed by atoms with Crippen molar-refractivity contribution in [3.63, 3.8) is 0 Å². The van der Waals surface area contributed by atoms with Crippen molar-refractivity contribution in [3.05, 3.63) is 35.9 Å². The first-order valence-electron chi connectivity index (χ1n) is 13.3. The molecular formula is C28H47N3O5. The molecule has 0 heterocycles. The number of hydrogen-bond donors (Lipinski definition) is 3. The lowest BCUT2D eigenvalue weighted by molar-refractivity contribution is -0.143. The van der Waals surface area contributed by atoms with Gasteiger partial charge in [-0.2, -0.15) is 0 Å². The van der Waals surface area contributed by atoms with Crippen LogP contribution >= 0.6 is 0 Å². The number of benzene rings is 1. The quantitative estimate of drug-likeness (QED) is 0.299. The van der Waals surface area contributed by atoms with Crippen LogP contribution in [0.1, 0.15) is 98.1 Å². The lowest BCUT2D eigenvalue weighted by Gasteiger charge is -2.34. The molecule has 0 bridgehead atoms. The largest absolute Gasteiger partial charge is 0.444 e. The average molecular weight is 506 g/mol. The van der Waals surface area contributed by atoms with E-state index >= 15 is 0 Å². The summed E-state index contributed by atoms with van der Waals surface area (Å²) in [5, 5.41) is 15.6. The fourth-order valence-electron chi connectivity index (χ4n) is 4.02. The van der Waals surface area contributed by atoms with Gasteiger partial charge in [-0.1, -0.05) is 76.3 Å². The van der Waals surface area contributed by atoms with Crippen molar-refractivity contribution in [2.75, 3.05) is 13.2 Å². The number of nitrogens with one attached hydrogen (secondary N) is 2. The van der Waals surface area contributed by atoms with Crippen LogP contribution in [0.25, 0.3) is 0 Å². The van der Waals surface area contributed by atoms with E-state index in [0.29, 0.717) is 18.5 Å². The molecule has 0 saturated heterocycles. The summed E-state index contributed by atoms with van der Waals surface area (Å²) in [6.45, 7) is 11.0. The van der Waals surface area contributed by atoms with E-state index < -0.39 is 36.3 Å². The van der Waals surface area contributed by atoms with Crippen molar-refractivity contribution in [2.24, 2.45) is 0 Å². The summed E-state index contributed by atoms with van der Waals surface area (Å²) in [6, 6.07) is 6.98. The van der Waals surface area contributed by atoms with Crippen molar-refractivity contribution in [2.45, 2.75) is 110 Å². The van der Waals surface area contributed by atoms with E-state index in [9.17, 15) is 19.5 Å². The smallest absolute Gasteiger partial charge is 0.408 e. The third-order valence-corrected chi connectivity index (χ3v) is 5.74. The minimum Gasteiger partial charge on any atom is -0.444 e. The monoisotopic (exact) mass is 505 g/mol. The Morgan fingerprint density at radius 3 is 2.17 bits per heavy atom. The second kappa shape index (κ2) is 16.2. The molecular weight excluding hydrogens is 458 g/mol. The molecule has 0 fully saturated rings. The molecule has 0 spiro atoms. The van der Waals surface area contributed by atoms with E-state index in [1.54, 1.807) is 20.8 Å². The highest BCUT2D eigenvalue weighted by Crippen LogP contribution is 2.24. The molecule has 0 aliphatic rings. The maximum Gasteiger partial charge on any atom is 0.408 e. The first-order valence-corrected chi connectivity index (χ1v) is 13.3. The third-order valence-electron chi connectivity index (χ3n) is 5.74. The van der Waals surface area contributed by atoms with Gasteiger partial charge in [0.2, 0.25) is 11.8 Å². The van der Waals surface area contributed by atoms with E-state index in [2.05, 4.69) is 24.5 Å². The van der Waals surface area contributed by atoms with Gasteiger partial charge in [0.05, 0.1) is 6.61 Å². The zero-order valence-electron chi connectivity index (χ0n) is 23.0. The van der Waals surface area contributed by atoms with E-state index in [-0.39, 0.29) is 11.9 Å². The van der Waals surface area contributed by atoms with E-state index in [0.717, 1.165) is 38.5 Å². The number of nitrogens with zero attached hydrogens (tertiary/aromatic N) is 1. The minimum absolute atomic E-state index is 0.0521. The molecule has 3 amide bonds. The number of aliphatic hydroxyl groups excluding tert-OH is 1. The summed E-state index contributed by atoms with van der Waals surface area (Å²) >= 11 is 0. The molecule has 1 aromatic rings. The van der Waals surface area contributed by atoms with Gasteiger partial charge in [-0.05, 0) is 46.1 Å². The standard InChI is InChI=1S/C28H47N3O5/c1-7-9-10-11-15-19-31(26(34)23(20-32)30-27(35)36-28(4,5)6)24(22-17-13-12-14-18-22)25(33)29-21(3)16-8-2/h12-14,17-18,21,23-24,32H,7-11,15-16,19-20H2,1-6H3,(H,29,33)(H,30,35). The third kappa shape index (κ3) is 11.4. The van der Waals surface area contributed by atoms with Gasteiger partial charge in [-0.3, -0.25) is 9.59 Å². The highest BCUT2D eigenvalue weighted by Gasteiger charge is 2.36.